The molecule has 0 spiro atoms. The summed E-state index contributed by atoms with van der Waals surface area (Å²) < 4.78 is 0. The highest BCUT2D eigenvalue weighted by molar-refractivity contribution is 6.31. The van der Waals surface area contributed by atoms with Crippen LogP contribution >= 0.6 is 11.6 Å². The van der Waals surface area contributed by atoms with E-state index in [9.17, 15) is 4.79 Å². The zero-order valence-electron chi connectivity index (χ0n) is 8.80. The van der Waals surface area contributed by atoms with Crippen LogP contribution in [-0.2, 0) is 11.2 Å². The summed E-state index contributed by atoms with van der Waals surface area (Å²) in [5.74, 6) is 0.00988. The number of benzene rings is 1. The van der Waals surface area contributed by atoms with Crippen molar-refractivity contribution in [2.75, 3.05) is 0 Å². The summed E-state index contributed by atoms with van der Waals surface area (Å²) in [6.07, 6.45) is 0.910. The average Bonchev–Trinajstić information content (AvgIpc) is 2.16. The summed E-state index contributed by atoms with van der Waals surface area (Å²) in [5.41, 5.74) is 3.25. The van der Waals surface area contributed by atoms with Crippen LogP contribution in [0.25, 0.3) is 0 Å². The molecule has 1 unspecified atom stereocenters. The fourth-order valence-electron chi connectivity index (χ4n) is 1.62. The van der Waals surface area contributed by atoms with Gasteiger partial charge in [0.05, 0.1) is 0 Å². The van der Waals surface area contributed by atoms with E-state index in [0.29, 0.717) is 0 Å². The minimum Gasteiger partial charge on any atom is -0.298 e. The monoisotopic (exact) mass is 210 g/mol. The highest BCUT2D eigenvalue weighted by atomic mass is 35.5. The Hall–Kier alpha value is -0.820. The number of halogens is 1. The number of alkyl halides is 1. The standard InChI is InChI=1S/C12H15ClO/c1-4-10-7-5-6-8(2)11(10)12(13)9(3)14/h5-7,12H,4H2,1-3H3. The van der Waals surface area contributed by atoms with E-state index >= 15 is 0 Å². The second-order valence-corrected chi connectivity index (χ2v) is 3.91. The average molecular weight is 211 g/mol. The van der Waals surface area contributed by atoms with Gasteiger partial charge in [-0.3, -0.25) is 4.79 Å². The smallest absolute Gasteiger partial charge is 0.152 e. The van der Waals surface area contributed by atoms with Crippen molar-refractivity contribution in [1.29, 1.82) is 0 Å². The predicted molar refractivity (Wildman–Crippen MR) is 59.8 cm³/mol. The van der Waals surface area contributed by atoms with Crippen LogP contribution in [0, 0.1) is 6.92 Å². The number of carbonyl (C=O) groups is 1. The van der Waals surface area contributed by atoms with Crippen molar-refractivity contribution in [3.8, 4) is 0 Å². The van der Waals surface area contributed by atoms with Gasteiger partial charge in [0.1, 0.15) is 5.38 Å². The molecule has 14 heavy (non-hydrogen) atoms. The zero-order valence-corrected chi connectivity index (χ0v) is 9.56. The van der Waals surface area contributed by atoms with Gasteiger partial charge in [0.15, 0.2) is 5.78 Å². The Labute approximate surface area is 90.1 Å². The van der Waals surface area contributed by atoms with E-state index in [2.05, 4.69) is 6.92 Å². The number of Topliss-reactive ketones (excluding diaryl/α,β-unsaturated/α-hetero) is 1. The normalized spacial score (nSPS) is 12.6. The van der Waals surface area contributed by atoms with Crippen molar-refractivity contribution in [1.82, 2.24) is 0 Å². The first-order valence-electron chi connectivity index (χ1n) is 4.80. The van der Waals surface area contributed by atoms with Crippen molar-refractivity contribution in [3.05, 3.63) is 34.9 Å². The van der Waals surface area contributed by atoms with Gasteiger partial charge >= 0.3 is 0 Å². The van der Waals surface area contributed by atoms with Gasteiger partial charge in [-0.2, -0.15) is 0 Å². The summed E-state index contributed by atoms with van der Waals surface area (Å²) in [4.78, 5) is 11.2. The van der Waals surface area contributed by atoms with Gasteiger partial charge in [-0.15, -0.1) is 11.6 Å². The lowest BCUT2D eigenvalue weighted by atomic mass is 9.96. The molecule has 0 saturated heterocycles. The number of hydrogen-bond acceptors (Lipinski definition) is 1. The zero-order chi connectivity index (χ0) is 10.7. The molecule has 76 valence electrons. The molecule has 0 fully saturated rings. The first-order chi connectivity index (χ1) is 6.57. The molecule has 0 saturated carbocycles. The van der Waals surface area contributed by atoms with Crippen LogP contribution in [0.15, 0.2) is 18.2 Å². The Morgan fingerprint density at radius 3 is 2.64 bits per heavy atom. The molecule has 1 nitrogen and oxygen atoms in total. The van der Waals surface area contributed by atoms with Gasteiger partial charge < -0.3 is 0 Å². The third-order valence-corrected chi connectivity index (χ3v) is 2.93. The maximum atomic E-state index is 11.2. The lowest BCUT2D eigenvalue weighted by molar-refractivity contribution is -0.116. The quantitative estimate of drug-likeness (QED) is 0.699. The highest BCUT2D eigenvalue weighted by Gasteiger charge is 2.17. The van der Waals surface area contributed by atoms with Gasteiger partial charge in [0, 0.05) is 0 Å². The van der Waals surface area contributed by atoms with Gasteiger partial charge in [-0.05, 0) is 37.0 Å². The Morgan fingerprint density at radius 2 is 2.14 bits per heavy atom. The maximum absolute atomic E-state index is 11.2. The summed E-state index contributed by atoms with van der Waals surface area (Å²) in [5, 5.41) is -0.494. The van der Waals surface area contributed by atoms with E-state index < -0.39 is 5.38 Å². The summed E-state index contributed by atoms with van der Waals surface area (Å²) >= 11 is 6.08. The van der Waals surface area contributed by atoms with Gasteiger partial charge in [-0.25, -0.2) is 0 Å². The molecule has 1 atom stereocenters. The number of aryl methyl sites for hydroxylation is 2. The van der Waals surface area contributed by atoms with E-state index in [1.165, 1.54) is 12.5 Å². The Balaban J connectivity index is 3.23. The van der Waals surface area contributed by atoms with Crippen LogP contribution in [0.2, 0.25) is 0 Å². The third kappa shape index (κ3) is 2.16. The van der Waals surface area contributed by atoms with E-state index in [-0.39, 0.29) is 5.78 Å². The fraction of sp³-hybridized carbons (Fsp3) is 0.417. The summed E-state index contributed by atoms with van der Waals surface area (Å²) in [7, 11) is 0. The predicted octanol–water partition coefficient (Wildman–Crippen LogP) is 3.43. The molecule has 1 rings (SSSR count). The van der Waals surface area contributed by atoms with E-state index in [4.69, 9.17) is 11.6 Å². The molecule has 0 aliphatic carbocycles. The van der Waals surface area contributed by atoms with Crippen LogP contribution in [0.3, 0.4) is 0 Å². The van der Waals surface area contributed by atoms with E-state index in [1.54, 1.807) is 0 Å². The van der Waals surface area contributed by atoms with Crippen molar-refractivity contribution in [2.24, 2.45) is 0 Å². The number of hydrogen-bond donors (Lipinski definition) is 0. The van der Waals surface area contributed by atoms with Crippen LogP contribution in [0.4, 0.5) is 0 Å². The molecule has 1 aromatic carbocycles. The minimum absolute atomic E-state index is 0.00988. The Bertz CT molecular complexity index is 344. The molecule has 1 aromatic rings. The summed E-state index contributed by atoms with van der Waals surface area (Å²) in [6, 6.07) is 6.02. The molecule has 0 amide bonds. The lowest BCUT2D eigenvalue weighted by Crippen LogP contribution is -2.06. The first kappa shape index (κ1) is 11.3. The van der Waals surface area contributed by atoms with Gasteiger partial charge in [-0.1, -0.05) is 25.1 Å². The second-order valence-electron chi connectivity index (χ2n) is 3.47. The second kappa shape index (κ2) is 4.61. The Morgan fingerprint density at radius 1 is 1.50 bits per heavy atom. The molecule has 0 aliphatic rings. The molecular formula is C12H15ClO. The Kier molecular flexibility index (Phi) is 3.70. The van der Waals surface area contributed by atoms with Crippen LogP contribution in [0.5, 0.6) is 0 Å². The van der Waals surface area contributed by atoms with Crippen molar-refractivity contribution in [3.63, 3.8) is 0 Å². The molecule has 0 heterocycles. The van der Waals surface area contributed by atoms with E-state index in [1.807, 2.05) is 25.1 Å². The molecule has 0 aromatic heterocycles. The minimum atomic E-state index is -0.494. The maximum Gasteiger partial charge on any atom is 0.152 e. The van der Waals surface area contributed by atoms with Crippen LogP contribution in [0.1, 0.15) is 35.9 Å². The van der Waals surface area contributed by atoms with E-state index in [0.717, 1.165) is 17.5 Å². The summed E-state index contributed by atoms with van der Waals surface area (Å²) in [6.45, 7) is 5.60. The lowest BCUT2D eigenvalue weighted by Gasteiger charge is -2.14. The topological polar surface area (TPSA) is 17.1 Å². The van der Waals surface area contributed by atoms with Crippen molar-refractivity contribution in [2.45, 2.75) is 32.6 Å². The molecular weight excluding hydrogens is 196 g/mol. The number of carbonyl (C=O) groups excluding carboxylic acids is 1. The van der Waals surface area contributed by atoms with Crippen molar-refractivity contribution < 1.29 is 4.79 Å². The third-order valence-electron chi connectivity index (χ3n) is 2.41. The largest absolute Gasteiger partial charge is 0.298 e. The number of rotatable bonds is 3. The molecule has 2 heteroatoms. The van der Waals surface area contributed by atoms with Gasteiger partial charge in [0.2, 0.25) is 0 Å². The fourth-order valence-corrected chi connectivity index (χ4v) is 1.93. The molecule has 0 aliphatic heterocycles. The molecule has 0 bridgehead atoms. The highest BCUT2D eigenvalue weighted by Crippen LogP contribution is 2.28. The molecule has 0 radical (unpaired) electrons. The number of ketones is 1. The van der Waals surface area contributed by atoms with Crippen molar-refractivity contribution >= 4 is 17.4 Å². The van der Waals surface area contributed by atoms with Crippen LogP contribution in [-0.4, -0.2) is 5.78 Å². The first-order valence-corrected chi connectivity index (χ1v) is 5.24. The van der Waals surface area contributed by atoms with Gasteiger partial charge in [0.25, 0.3) is 0 Å². The SMILES string of the molecule is CCc1cccc(C)c1C(Cl)C(C)=O. The van der Waals surface area contributed by atoms with Crippen LogP contribution < -0.4 is 0 Å². The molecule has 0 N–H and O–H groups in total.